The van der Waals surface area contributed by atoms with Crippen molar-refractivity contribution in [3.8, 4) is 5.69 Å². The van der Waals surface area contributed by atoms with Crippen LogP contribution in [-0.4, -0.2) is 37.7 Å². The number of anilines is 1. The summed E-state index contributed by atoms with van der Waals surface area (Å²) in [6.45, 7) is 2.07. The molecule has 1 N–H and O–H groups in total. The molecular weight excluding hydrogens is 326 g/mol. The zero-order valence-corrected chi connectivity index (χ0v) is 14.0. The zero-order valence-electron chi connectivity index (χ0n) is 12.4. The molecule has 0 aliphatic heterocycles. The van der Waals surface area contributed by atoms with Crippen molar-refractivity contribution in [3.63, 3.8) is 0 Å². The van der Waals surface area contributed by atoms with Crippen molar-refractivity contribution >= 4 is 27.3 Å². The second kappa shape index (κ2) is 7.13. The molecule has 0 saturated carbocycles. The Kier molecular flexibility index (Phi) is 5.44. The lowest BCUT2D eigenvalue weighted by Crippen LogP contribution is -2.20. The van der Waals surface area contributed by atoms with E-state index in [1.165, 1.54) is 13.3 Å². The summed E-state index contributed by atoms with van der Waals surface area (Å²) < 4.78 is 33.0. The molecule has 22 heavy (non-hydrogen) atoms. The van der Waals surface area contributed by atoms with Gasteiger partial charge in [-0.1, -0.05) is 24.6 Å². The fourth-order valence-electron chi connectivity index (χ4n) is 2.04. The second-order valence-corrected chi connectivity index (χ2v) is 6.94. The molecule has 0 amide bonds. The molecule has 1 aromatic heterocycles. The van der Waals surface area contributed by atoms with Gasteiger partial charge in [-0.25, -0.2) is 13.1 Å². The van der Waals surface area contributed by atoms with Gasteiger partial charge in [-0.15, -0.1) is 0 Å². The third-order valence-corrected chi connectivity index (χ3v) is 4.55. The molecule has 0 radical (unpaired) electrons. The van der Waals surface area contributed by atoms with E-state index in [0.29, 0.717) is 17.1 Å². The van der Waals surface area contributed by atoms with Crippen LogP contribution in [0.15, 0.2) is 30.5 Å². The largest absolute Gasteiger partial charge is 0.384 e. The number of nitrogens with zero attached hydrogens (tertiary/aromatic N) is 2. The van der Waals surface area contributed by atoms with Gasteiger partial charge in [0.05, 0.1) is 35.6 Å². The molecule has 1 aromatic carbocycles. The Morgan fingerprint density at radius 3 is 2.82 bits per heavy atom. The summed E-state index contributed by atoms with van der Waals surface area (Å²) in [5.74, 6) is -0.102. The van der Waals surface area contributed by atoms with Gasteiger partial charge < -0.3 is 4.74 Å². The third kappa shape index (κ3) is 4.00. The van der Waals surface area contributed by atoms with Crippen molar-refractivity contribution in [1.82, 2.24) is 9.78 Å². The lowest BCUT2D eigenvalue weighted by Gasteiger charge is -2.10. The molecule has 0 spiro atoms. The number of halogens is 1. The van der Waals surface area contributed by atoms with Gasteiger partial charge in [0, 0.05) is 12.1 Å². The fraction of sp³-hybridized carbons (Fsp3) is 0.357. The first kappa shape index (κ1) is 16.8. The van der Waals surface area contributed by atoms with Crippen LogP contribution in [0.3, 0.4) is 0 Å². The van der Waals surface area contributed by atoms with Gasteiger partial charge in [-0.05, 0) is 24.6 Å². The highest BCUT2D eigenvalue weighted by atomic mass is 35.5. The van der Waals surface area contributed by atoms with Gasteiger partial charge in [-0.2, -0.15) is 5.10 Å². The standard InChI is InChI=1S/C14H18ClN3O3S/c1-3-14-13(17-22(19,20)8-7-21-2)10-16-18(14)12-6-4-5-11(15)9-12/h4-6,9-10,17H,3,7-8H2,1-2H3. The number of rotatable bonds is 7. The Morgan fingerprint density at radius 1 is 1.41 bits per heavy atom. The Bertz CT molecular complexity index is 744. The lowest BCUT2D eigenvalue weighted by atomic mass is 10.2. The van der Waals surface area contributed by atoms with Crippen LogP contribution in [0, 0.1) is 0 Å². The Hall–Kier alpha value is -1.57. The molecule has 0 aliphatic carbocycles. The van der Waals surface area contributed by atoms with Crippen molar-refractivity contribution in [2.45, 2.75) is 13.3 Å². The molecule has 2 aromatic rings. The van der Waals surface area contributed by atoms with Gasteiger partial charge in [0.15, 0.2) is 0 Å². The number of aromatic nitrogens is 2. The average molecular weight is 344 g/mol. The van der Waals surface area contributed by atoms with Crippen molar-refractivity contribution in [2.24, 2.45) is 0 Å². The summed E-state index contributed by atoms with van der Waals surface area (Å²) in [4.78, 5) is 0. The maximum absolute atomic E-state index is 12.0. The molecule has 0 unspecified atom stereocenters. The number of hydrogen-bond acceptors (Lipinski definition) is 4. The van der Waals surface area contributed by atoms with E-state index >= 15 is 0 Å². The predicted octanol–water partition coefficient (Wildman–Crippen LogP) is 2.48. The minimum absolute atomic E-state index is 0.102. The Balaban J connectivity index is 2.32. The molecule has 0 atom stereocenters. The highest BCUT2D eigenvalue weighted by Crippen LogP contribution is 2.22. The normalized spacial score (nSPS) is 11.6. The Morgan fingerprint density at radius 2 is 2.18 bits per heavy atom. The quantitative estimate of drug-likeness (QED) is 0.838. The number of benzene rings is 1. The predicted molar refractivity (Wildman–Crippen MR) is 87.2 cm³/mol. The van der Waals surface area contributed by atoms with Crippen LogP contribution in [0.4, 0.5) is 5.69 Å². The zero-order chi connectivity index (χ0) is 16.2. The van der Waals surface area contributed by atoms with Gasteiger partial charge >= 0.3 is 0 Å². The van der Waals surface area contributed by atoms with Gasteiger partial charge in [0.2, 0.25) is 10.0 Å². The van der Waals surface area contributed by atoms with Gasteiger partial charge in [-0.3, -0.25) is 4.72 Å². The van der Waals surface area contributed by atoms with E-state index in [1.54, 1.807) is 16.8 Å². The first-order valence-electron chi connectivity index (χ1n) is 6.79. The van der Waals surface area contributed by atoms with Crippen LogP contribution in [0.25, 0.3) is 5.69 Å². The van der Waals surface area contributed by atoms with E-state index in [9.17, 15) is 8.42 Å². The van der Waals surface area contributed by atoms with E-state index < -0.39 is 10.0 Å². The highest BCUT2D eigenvalue weighted by Gasteiger charge is 2.16. The van der Waals surface area contributed by atoms with Crippen LogP contribution in [0.2, 0.25) is 5.02 Å². The molecule has 0 bridgehead atoms. The summed E-state index contributed by atoms with van der Waals surface area (Å²) in [6, 6.07) is 7.23. The molecule has 120 valence electrons. The van der Waals surface area contributed by atoms with Gasteiger partial charge in [0.1, 0.15) is 0 Å². The molecule has 2 rings (SSSR count). The van der Waals surface area contributed by atoms with E-state index in [-0.39, 0.29) is 12.4 Å². The fourth-order valence-corrected chi connectivity index (χ4v) is 3.22. The van der Waals surface area contributed by atoms with Crippen LogP contribution < -0.4 is 4.72 Å². The highest BCUT2D eigenvalue weighted by molar-refractivity contribution is 7.92. The summed E-state index contributed by atoms with van der Waals surface area (Å²) in [6.07, 6.45) is 2.12. The first-order valence-corrected chi connectivity index (χ1v) is 8.82. The number of methoxy groups -OCH3 is 1. The molecular formula is C14H18ClN3O3S. The Labute approximate surface area is 135 Å². The third-order valence-electron chi connectivity index (χ3n) is 3.08. The van der Waals surface area contributed by atoms with E-state index in [0.717, 1.165) is 11.4 Å². The van der Waals surface area contributed by atoms with E-state index in [1.807, 2.05) is 19.1 Å². The minimum atomic E-state index is -3.46. The molecule has 8 heteroatoms. The summed E-state index contributed by atoms with van der Waals surface area (Å²) in [5.41, 5.74) is 2.02. The molecule has 6 nitrogen and oxygen atoms in total. The first-order chi connectivity index (χ1) is 10.5. The van der Waals surface area contributed by atoms with Crippen molar-refractivity contribution in [3.05, 3.63) is 41.2 Å². The summed E-state index contributed by atoms with van der Waals surface area (Å²) in [5, 5.41) is 4.86. The monoisotopic (exact) mass is 343 g/mol. The average Bonchev–Trinajstić information content (AvgIpc) is 2.87. The van der Waals surface area contributed by atoms with E-state index in [2.05, 4.69) is 9.82 Å². The topological polar surface area (TPSA) is 73.2 Å². The van der Waals surface area contributed by atoms with Crippen LogP contribution in [-0.2, 0) is 21.2 Å². The maximum atomic E-state index is 12.0. The molecule has 0 fully saturated rings. The van der Waals surface area contributed by atoms with Crippen molar-refractivity contribution < 1.29 is 13.2 Å². The lowest BCUT2D eigenvalue weighted by molar-refractivity contribution is 0.217. The van der Waals surface area contributed by atoms with Crippen LogP contribution >= 0.6 is 11.6 Å². The van der Waals surface area contributed by atoms with Crippen molar-refractivity contribution in [1.29, 1.82) is 0 Å². The molecule has 1 heterocycles. The number of nitrogens with one attached hydrogen (secondary N) is 1. The SMILES string of the molecule is CCc1c(NS(=O)(=O)CCOC)cnn1-c1cccc(Cl)c1. The second-order valence-electron chi connectivity index (χ2n) is 4.66. The number of ether oxygens (including phenoxy) is 1. The van der Waals surface area contributed by atoms with Crippen LogP contribution in [0.5, 0.6) is 0 Å². The van der Waals surface area contributed by atoms with E-state index in [4.69, 9.17) is 16.3 Å². The summed E-state index contributed by atoms with van der Waals surface area (Å²) >= 11 is 5.99. The molecule has 0 saturated heterocycles. The minimum Gasteiger partial charge on any atom is -0.384 e. The van der Waals surface area contributed by atoms with Crippen LogP contribution in [0.1, 0.15) is 12.6 Å². The number of sulfonamides is 1. The van der Waals surface area contributed by atoms with Gasteiger partial charge in [0.25, 0.3) is 0 Å². The summed E-state index contributed by atoms with van der Waals surface area (Å²) in [7, 11) is -2.00. The molecule has 0 aliphatic rings. The van der Waals surface area contributed by atoms with Crippen molar-refractivity contribution in [2.75, 3.05) is 24.2 Å². The smallest absolute Gasteiger partial charge is 0.235 e. The number of hydrogen-bond donors (Lipinski definition) is 1. The maximum Gasteiger partial charge on any atom is 0.235 e.